The zero-order valence-electron chi connectivity index (χ0n) is 10.3. The van der Waals surface area contributed by atoms with E-state index in [1.54, 1.807) is 6.33 Å². The first kappa shape index (κ1) is 12.1. The quantitative estimate of drug-likeness (QED) is 0.562. The minimum Gasteiger partial charge on any atom is -0.396 e. The van der Waals surface area contributed by atoms with Crippen molar-refractivity contribution >= 4 is 22.9 Å². The Morgan fingerprint density at radius 3 is 2.79 bits per heavy atom. The van der Waals surface area contributed by atoms with Crippen molar-refractivity contribution in [1.82, 2.24) is 19.5 Å². The van der Waals surface area contributed by atoms with Gasteiger partial charge in [0.2, 0.25) is 5.95 Å². The number of imidazole rings is 1. The molecule has 8 nitrogen and oxygen atoms in total. The molecule has 1 unspecified atom stereocenters. The number of nitrogens with two attached hydrogens (primary N) is 2. The normalized spacial score (nSPS) is 27.2. The molecule has 3 rings (SSSR count). The van der Waals surface area contributed by atoms with Crippen molar-refractivity contribution in [3.63, 3.8) is 0 Å². The minimum absolute atomic E-state index is 0.0242. The molecule has 0 spiro atoms. The lowest BCUT2D eigenvalue weighted by Crippen LogP contribution is -2.16. The molecule has 0 amide bonds. The standard InChI is InChI=1S/C11H16N6O2/c12-9-8-10(16-11(13)15-9)17(4-14-8)6-1-5(3-18)7(19)2-6/h4-7,18-19H,1-3H2,(H4,12,13,15,16)/t5-,6-,7?/m1/s1. The summed E-state index contributed by atoms with van der Waals surface area (Å²) >= 11 is 0. The topological polar surface area (TPSA) is 136 Å². The van der Waals surface area contributed by atoms with Gasteiger partial charge in [0.05, 0.1) is 12.4 Å². The molecular formula is C11H16N6O2. The van der Waals surface area contributed by atoms with E-state index in [4.69, 9.17) is 11.5 Å². The second-order valence-corrected chi connectivity index (χ2v) is 4.93. The molecule has 0 saturated heterocycles. The van der Waals surface area contributed by atoms with E-state index in [-0.39, 0.29) is 30.3 Å². The molecule has 0 radical (unpaired) electrons. The van der Waals surface area contributed by atoms with E-state index in [0.29, 0.717) is 24.0 Å². The second-order valence-electron chi connectivity index (χ2n) is 4.93. The van der Waals surface area contributed by atoms with E-state index in [9.17, 15) is 10.2 Å². The van der Waals surface area contributed by atoms with Gasteiger partial charge in [0, 0.05) is 18.6 Å². The summed E-state index contributed by atoms with van der Waals surface area (Å²) in [5.74, 6) is 0.237. The van der Waals surface area contributed by atoms with Gasteiger partial charge in [-0.2, -0.15) is 9.97 Å². The van der Waals surface area contributed by atoms with Crippen LogP contribution >= 0.6 is 0 Å². The van der Waals surface area contributed by atoms with Crippen LogP contribution in [-0.4, -0.2) is 42.4 Å². The fraction of sp³-hybridized carbons (Fsp3) is 0.545. The molecule has 1 aliphatic rings. The molecule has 1 saturated carbocycles. The highest BCUT2D eigenvalue weighted by Crippen LogP contribution is 2.36. The smallest absolute Gasteiger partial charge is 0.224 e. The molecular weight excluding hydrogens is 248 g/mol. The van der Waals surface area contributed by atoms with Gasteiger partial charge in [-0.3, -0.25) is 0 Å². The summed E-state index contributed by atoms with van der Waals surface area (Å²) in [5, 5.41) is 19.1. The number of hydrogen-bond donors (Lipinski definition) is 4. The van der Waals surface area contributed by atoms with E-state index in [0.717, 1.165) is 0 Å². The van der Waals surface area contributed by atoms with Crippen molar-refractivity contribution in [2.75, 3.05) is 18.1 Å². The lowest BCUT2D eigenvalue weighted by Gasteiger charge is -2.12. The van der Waals surface area contributed by atoms with Crippen LogP contribution in [0.2, 0.25) is 0 Å². The number of rotatable bonds is 2. The third-order valence-corrected chi connectivity index (χ3v) is 3.73. The Kier molecular flexibility index (Phi) is 2.76. The second kappa shape index (κ2) is 4.32. The Bertz CT molecular complexity index is 612. The summed E-state index contributed by atoms with van der Waals surface area (Å²) in [4.78, 5) is 12.2. The summed E-state index contributed by atoms with van der Waals surface area (Å²) in [6.45, 7) is -0.0242. The van der Waals surface area contributed by atoms with Gasteiger partial charge in [0.1, 0.15) is 5.52 Å². The summed E-state index contributed by atoms with van der Waals surface area (Å²) in [6.07, 6.45) is 2.35. The predicted molar refractivity (Wildman–Crippen MR) is 69.0 cm³/mol. The van der Waals surface area contributed by atoms with Crippen LogP contribution in [0.4, 0.5) is 11.8 Å². The van der Waals surface area contributed by atoms with Crippen LogP contribution in [0.3, 0.4) is 0 Å². The first-order chi connectivity index (χ1) is 9.10. The maximum atomic E-state index is 9.86. The van der Waals surface area contributed by atoms with Crippen LogP contribution < -0.4 is 11.5 Å². The van der Waals surface area contributed by atoms with Crippen molar-refractivity contribution in [2.45, 2.75) is 25.0 Å². The molecule has 0 bridgehead atoms. The first-order valence-electron chi connectivity index (χ1n) is 6.14. The number of nitrogen functional groups attached to an aromatic ring is 2. The number of aromatic nitrogens is 4. The summed E-state index contributed by atoms with van der Waals surface area (Å²) in [5.41, 5.74) is 12.4. The Labute approximate surface area is 109 Å². The molecule has 6 N–H and O–H groups in total. The zero-order chi connectivity index (χ0) is 13.6. The molecule has 3 atom stereocenters. The van der Waals surface area contributed by atoms with Crippen LogP contribution in [0.25, 0.3) is 11.2 Å². The zero-order valence-corrected chi connectivity index (χ0v) is 10.3. The van der Waals surface area contributed by atoms with Crippen molar-refractivity contribution < 1.29 is 10.2 Å². The van der Waals surface area contributed by atoms with Gasteiger partial charge in [0.15, 0.2) is 11.5 Å². The van der Waals surface area contributed by atoms with E-state index < -0.39 is 6.10 Å². The van der Waals surface area contributed by atoms with Gasteiger partial charge >= 0.3 is 0 Å². The van der Waals surface area contributed by atoms with Crippen molar-refractivity contribution in [1.29, 1.82) is 0 Å². The number of fused-ring (bicyclic) bond motifs is 1. The van der Waals surface area contributed by atoms with Gasteiger partial charge in [0.25, 0.3) is 0 Å². The number of aliphatic hydroxyl groups excluding tert-OH is 2. The number of anilines is 2. The lowest BCUT2D eigenvalue weighted by molar-refractivity contribution is 0.0906. The molecule has 1 aliphatic carbocycles. The minimum atomic E-state index is -0.510. The molecule has 8 heteroatoms. The third-order valence-electron chi connectivity index (χ3n) is 3.73. The highest BCUT2D eigenvalue weighted by molar-refractivity contribution is 5.82. The number of hydrogen-bond acceptors (Lipinski definition) is 7. The molecule has 102 valence electrons. The summed E-state index contributed by atoms with van der Waals surface area (Å²) in [7, 11) is 0. The van der Waals surface area contributed by atoms with Crippen molar-refractivity contribution in [2.24, 2.45) is 5.92 Å². The maximum absolute atomic E-state index is 9.86. The monoisotopic (exact) mass is 264 g/mol. The maximum Gasteiger partial charge on any atom is 0.224 e. The van der Waals surface area contributed by atoms with Crippen LogP contribution in [0, 0.1) is 5.92 Å². The molecule has 19 heavy (non-hydrogen) atoms. The fourth-order valence-electron chi connectivity index (χ4n) is 2.72. The highest BCUT2D eigenvalue weighted by Gasteiger charge is 2.34. The lowest BCUT2D eigenvalue weighted by atomic mass is 10.1. The van der Waals surface area contributed by atoms with E-state index in [1.807, 2.05) is 4.57 Å². The summed E-state index contributed by atoms with van der Waals surface area (Å²) in [6, 6.07) is 0.0332. The summed E-state index contributed by atoms with van der Waals surface area (Å²) < 4.78 is 1.85. The SMILES string of the molecule is Nc1nc(N)c2ncn([C@H]3CC(O)[C@@H](CO)C3)c2n1. The van der Waals surface area contributed by atoms with Crippen molar-refractivity contribution in [3.05, 3.63) is 6.33 Å². The fourth-order valence-corrected chi connectivity index (χ4v) is 2.72. The Balaban J connectivity index is 2.02. The average Bonchev–Trinajstić information content (AvgIpc) is 2.92. The van der Waals surface area contributed by atoms with Crippen LogP contribution in [-0.2, 0) is 0 Å². The number of nitrogens with zero attached hydrogens (tertiary/aromatic N) is 4. The van der Waals surface area contributed by atoms with Crippen LogP contribution in [0.1, 0.15) is 18.9 Å². The first-order valence-corrected chi connectivity index (χ1v) is 6.14. The van der Waals surface area contributed by atoms with Crippen LogP contribution in [0.5, 0.6) is 0 Å². The Hall–Kier alpha value is -1.93. The Morgan fingerprint density at radius 2 is 2.11 bits per heavy atom. The highest BCUT2D eigenvalue weighted by atomic mass is 16.3. The molecule has 2 heterocycles. The van der Waals surface area contributed by atoms with Gasteiger partial charge in [-0.25, -0.2) is 4.98 Å². The van der Waals surface area contributed by atoms with E-state index in [1.165, 1.54) is 0 Å². The Morgan fingerprint density at radius 1 is 1.32 bits per heavy atom. The molecule has 2 aromatic heterocycles. The van der Waals surface area contributed by atoms with Gasteiger partial charge in [-0.05, 0) is 12.8 Å². The molecule has 0 aliphatic heterocycles. The van der Waals surface area contributed by atoms with E-state index in [2.05, 4.69) is 15.0 Å². The van der Waals surface area contributed by atoms with Crippen molar-refractivity contribution in [3.8, 4) is 0 Å². The predicted octanol–water partition coefficient (Wildman–Crippen LogP) is -0.705. The van der Waals surface area contributed by atoms with Gasteiger partial charge < -0.3 is 26.2 Å². The van der Waals surface area contributed by atoms with Gasteiger partial charge in [-0.15, -0.1) is 0 Å². The average molecular weight is 264 g/mol. The largest absolute Gasteiger partial charge is 0.396 e. The molecule has 0 aromatic carbocycles. The van der Waals surface area contributed by atoms with Gasteiger partial charge in [-0.1, -0.05) is 0 Å². The molecule has 2 aromatic rings. The van der Waals surface area contributed by atoms with Crippen LogP contribution in [0.15, 0.2) is 6.33 Å². The van der Waals surface area contributed by atoms with E-state index >= 15 is 0 Å². The number of aliphatic hydroxyl groups is 2. The third kappa shape index (κ3) is 1.89. The molecule has 1 fully saturated rings.